The molecule has 2 aromatic rings. The summed E-state index contributed by atoms with van der Waals surface area (Å²) in [7, 11) is 0. The summed E-state index contributed by atoms with van der Waals surface area (Å²) in [5.41, 5.74) is 3.35. The zero-order valence-electron chi connectivity index (χ0n) is 12.4. The van der Waals surface area contributed by atoms with E-state index in [1.54, 1.807) is 0 Å². The Morgan fingerprint density at radius 1 is 1.30 bits per heavy atom. The highest BCUT2D eigenvalue weighted by molar-refractivity contribution is 5.91. The fraction of sp³-hybridized carbons (Fsp3) is 0.471. The molecule has 0 saturated carbocycles. The average Bonchev–Trinajstić information content (AvgIpc) is 2.45. The van der Waals surface area contributed by atoms with Crippen molar-refractivity contribution < 1.29 is 5.11 Å². The van der Waals surface area contributed by atoms with Gasteiger partial charge in [0.05, 0.1) is 5.52 Å². The summed E-state index contributed by atoms with van der Waals surface area (Å²) < 4.78 is 0. The number of aliphatic hydroxyl groups is 1. The zero-order chi connectivity index (χ0) is 14.4. The van der Waals surface area contributed by atoms with Gasteiger partial charge >= 0.3 is 0 Å². The van der Waals surface area contributed by atoms with Crippen LogP contribution in [0.3, 0.4) is 0 Å². The third-order valence-corrected chi connectivity index (χ3v) is 3.47. The molecule has 0 aliphatic carbocycles. The van der Waals surface area contributed by atoms with Gasteiger partial charge in [-0.1, -0.05) is 31.5 Å². The summed E-state index contributed by atoms with van der Waals surface area (Å²) in [6.45, 7) is 4.59. The number of aliphatic hydroxyl groups excluding tert-OH is 1. The van der Waals surface area contributed by atoms with Crippen LogP contribution >= 0.6 is 0 Å². The highest BCUT2D eigenvalue weighted by Gasteiger charge is 2.08. The highest BCUT2D eigenvalue weighted by atomic mass is 16.2. The summed E-state index contributed by atoms with van der Waals surface area (Å²) in [6, 6.07) is 10.8. The van der Waals surface area contributed by atoms with Gasteiger partial charge in [-0.05, 0) is 38.3 Å². The molecule has 1 aromatic heterocycles. The molecule has 0 spiro atoms. The molecule has 3 heteroatoms. The molecule has 1 aromatic carbocycles. The average molecular weight is 272 g/mol. The number of aromatic nitrogens is 1. The summed E-state index contributed by atoms with van der Waals surface area (Å²) in [5.74, 6) is 0. The number of nitrogens with one attached hydrogen (secondary N) is 1. The molecule has 0 amide bonds. The lowest BCUT2D eigenvalue weighted by Gasteiger charge is -2.17. The SMILES string of the molecule is CCCc1cc(NC(C)CCCO)c2ccccc2n1. The Balaban J connectivity index is 2.29. The van der Waals surface area contributed by atoms with Gasteiger partial charge in [0.25, 0.3) is 0 Å². The molecule has 0 saturated heterocycles. The molecule has 3 nitrogen and oxygen atoms in total. The number of benzene rings is 1. The third kappa shape index (κ3) is 3.70. The lowest BCUT2D eigenvalue weighted by Crippen LogP contribution is -2.16. The van der Waals surface area contributed by atoms with Crippen molar-refractivity contribution >= 4 is 16.6 Å². The minimum absolute atomic E-state index is 0.254. The minimum atomic E-state index is 0.254. The quantitative estimate of drug-likeness (QED) is 0.806. The van der Waals surface area contributed by atoms with Gasteiger partial charge in [-0.15, -0.1) is 0 Å². The molecule has 0 aliphatic heterocycles. The molecule has 0 aliphatic rings. The standard InChI is InChI=1S/C17H24N2O/c1-3-7-14-12-17(18-13(2)8-6-11-20)15-9-4-5-10-16(15)19-14/h4-5,9-10,12-13,20H,3,6-8,11H2,1-2H3,(H,18,19). The molecule has 1 unspecified atom stereocenters. The van der Waals surface area contributed by atoms with Gasteiger partial charge in [-0.25, -0.2) is 0 Å². The molecular formula is C17H24N2O. The van der Waals surface area contributed by atoms with Crippen molar-refractivity contribution in [2.45, 2.75) is 45.6 Å². The van der Waals surface area contributed by atoms with E-state index in [9.17, 15) is 0 Å². The van der Waals surface area contributed by atoms with E-state index in [1.807, 2.05) is 12.1 Å². The summed E-state index contributed by atoms with van der Waals surface area (Å²) in [5, 5.41) is 13.7. The van der Waals surface area contributed by atoms with Crippen molar-refractivity contribution in [2.24, 2.45) is 0 Å². The number of anilines is 1. The molecule has 108 valence electrons. The maximum absolute atomic E-state index is 8.93. The van der Waals surface area contributed by atoms with Gasteiger partial charge in [0, 0.05) is 29.4 Å². The Morgan fingerprint density at radius 2 is 2.10 bits per heavy atom. The van der Waals surface area contributed by atoms with Crippen LogP contribution in [0.25, 0.3) is 10.9 Å². The predicted molar refractivity (Wildman–Crippen MR) is 85.1 cm³/mol. The van der Waals surface area contributed by atoms with Gasteiger partial charge in [0.1, 0.15) is 0 Å². The number of pyridine rings is 1. The first-order valence-corrected chi connectivity index (χ1v) is 7.50. The summed E-state index contributed by atoms with van der Waals surface area (Å²) in [4.78, 5) is 4.72. The first kappa shape index (κ1) is 14.8. The van der Waals surface area contributed by atoms with Gasteiger partial charge in [-0.3, -0.25) is 4.98 Å². The minimum Gasteiger partial charge on any atom is -0.396 e. The van der Waals surface area contributed by atoms with E-state index in [2.05, 4.69) is 37.4 Å². The van der Waals surface area contributed by atoms with Crippen molar-refractivity contribution in [3.05, 3.63) is 36.0 Å². The largest absolute Gasteiger partial charge is 0.396 e. The van der Waals surface area contributed by atoms with Gasteiger partial charge in [-0.2, -0.15) is 0 Å². The van der Waals surface area contributed by atoms with Crippen molar-refractivity contribution in [3.8, 4) is 0 Å². The second-order valence-corrected chi connectivity index (χ2v) is 5.34. The number of nitrogens with zero attached hydrogens (tertiary/aromatic N) is 1. The van der Waals surface area contributed by atoms with Crippen molar-refractivity contribution in [1.82, 2.24) is 4.98 Å². The third-order valence-electron chi connectivity index (χ3n) is 3.47. The maximum atomic E-state index is 8.93. The van der Waals surface area contributed by atoms with Crippen molar-refractivity contribution in [3.63, 3.8) is 0 Å². The molecule has 0 fully saturated rings. The van der Waals surface area contributed by atoms with Crippen molar-refractivity contribution in [1.29, 1.82) is 0 Å². The fourth-order valence-corrected chi connectivity index (χ4v) is 2.47. The van der Waals surface area contributed by atoms with E-state index in [0.29, 0.717) is 6.04 Å². The van der Waals surface area contributed by atoms with E-state index in [4.69, 9.17) is 10.1 Å². The van der Waals surface area contributed by atoms with Crippen LogP contribution in [0.1, 0.15) is 38.8 Å². The topological polar surface area (TPSA) is 45.1 Å². The number of hydrogen-bond donors (Lipinski definition) is 2. The fourth-order valence-electron chi connectivity index (χ4n) is 2.47. The van der Waals surface area contributed by atoms with E-state index in [-0.39, 0.29) is 6.61 Å². The molecule has 20 heavy (non-hydrogen) atoms. The van der Waals surface area contributed by atoms with Gasteiger partial charge in [0.2, 0.25) is 0 Å². The summed E-state index contributed by atoms with van der Waals surface area (Å²) in [6.07, 6.45) is 3.91. The number of para-hydroxylation sites is 1. The van der Waals surface area contributed by atoms with Gasteiger partial charge in [0.15, 0.2) is 0 Å². The number of hydrogen-bond acceptors (Lipinski definition) is 3. The van der Waals surface area contributed by atoms with Crippen molar-refractivity contribution in [2.75, 3.05) is 11.9 Å². The monoisotopic (exact) mass is 272 g/mol. The second-order valence-electron chi connectivity index (χ2n) is 5.34. The highest BCUT2D eigenvalue weighted by Crippen LogP contribution is 2.24. The van der Waals surface area contributed by atoms with Crippen LogP contribution in [0.5, 0.6) is 0 Å². The first-order valence-electron chi connectivity index (χ1n) is 7.50. The number of fused-ring (bicyclic) bond motifs is 1. The van der Waals surface area contributed by atoms with Crippen LogP contribution in [0.4, 0.5) is 5.69 Å². The molecular weight excluding hydrogens is 248 g/mol. The molecule has 0 bridgehead atoms. The molecule has 1 atom stereocenters. The molecule has 2 rings (SSSR count). The second kappa shape index (κ2) is 7.25. The van der Waals surface area contributed by atoms with Crippen LogP contribution in [0.2, 0.25) is 0 Å². The Labute approximate surface area is 121 Å². The molecule has 1 heterocycles. The van der Waals surface area contributed by atoms with Crippen LogP contribution in [0, 0.1) is 0 Å². The maximum Gasteiger partial charge on any atom is 0.0726 e. The Hall–Kier alpha value is -1.61. The number of rotatable bonds is 7. The lowest BCUT2D eigenvalue weighted by molar-refractivity contribution is 0.282. The number of aryl methyl sites for hydroxylation is 1. The Kier molecular flexibility index (Phi) is 5.36. The van der Waals surface area contributed by atoms with Crippen LogP contribution < -0.4 is 5.32 Å². The van der Waals surface area contributed by atoms with Gasteiger partial charge < -0.3 is 10.4 Å². The Morgan fingerprint density at radius 3 is 2.85 bits per heavy atom. The van der Waals surface area contributed by atoms with Crippen LogP contribution in [-0.2, 0) is 6.42 Å². The molecule has 2 N–H and O–H groups in total. The first-order chi connectivity index (χ1) is 9.74. The molecule has 0 radical (unpaired) electrons. The summed E-state index contributed by atoms with van der Waals surface area (Å²) >= 11 is 0. The van der Waals surface area contributed by atoms with Crippen LogP contribution in [-0.4, -0.2) is 22.7 Å². The normalized spacial score (nSPS) is 12.6. The van der Waals surface area contributed by atoms with Crippen LogP contribution in [0.15, 0.2) is 30.3 Å². The van der Waals surface area contributed by atoms with E-state index >= 15 is 0 Å². The van der Waals surface area contributed by atoms with E-state index < -0.39 is 0 Å². The van der Waals surface area contributed by atoms with E-state index in [0.717, 1.165) is 42.6 Å². The predicted octanol–water partition coefficient (Wildman–Crippen LogP) is 3.76. The smallest absolute Gasteiger partial charge is 0.0726 e. The lowest BCUT2D eigenvalue weighted by atomic mass is 10.1. The Bertz CT molecular complexity index is 554. The van der Waals surface area contributed by atoms with E-state index in [1.165, 1.54) is 5.39 Å². The zero-order valence-corrected chi connectivity index (χ0v) is 12.4.